The van der Waals surface area contributed by atoms with E-state index in [4.69, 9.17) is 4.98 Å². The number of rotatable bonds is 2. The van der Waals surface area contributed by atoms with Gasteiger partial charge in [-0.25, -0.2) is 4.98 Å². The van der Waals surface area contributed by atoms with Gasteiger partial charge in [0.2, 0.25) is 0 Å². The average molecular weight is 266 g/mol. The molecule has 0 saturated heterocycles. The van der Waals surface area contributed by atoms with Crippen LogP contribution in [-0.2, 0) is 0 Å². The van der Waals surface area contributed by atoms with E-state index in [2.05, 4.69) is 43.5 Å². The van der Waals surface area contributed by atoms with Gasteiger partial charge in [0, 0.05) is 11.6 Å². The number of phenols is 1. The van der Waals surface area contributed by atoms with Crippen molar-refractivity contribution in [1.82, 2.24) is 9.55 Å². The second-order valence-corrected chi connectivity index (χ2v) is 5.44. The van der Waals surface area contributed by atoms with Crippen LogP contribution < -0.4 is 0 Å². The van der Waals surface area contributed by atoms with Crippen molar-refractivity contribution in [1.29, 1.82) is 0 Å². The minimum atomic E-state index is 0.275. The molecule has 0 aliphatic carbocycles. The maximum absolute atomic E-state index is 9.43. The van der Waals surface area contributed by atoms with Crippen LogP contribution in [0, 0.1) is 6.92 Å². The van der Waals surface area contributed by atoms with Crippen LogP contribution in [0.25, 0.3) is 22.4 Å². The lowest BCUT2D eigenvalue weighted by Crippen LogP contribution is -2.02. The largest absolute Gasteiger partial charge is 0.508 e. The Balaban J connectivity index is 2.28. The fourth-order valence-electron chi connectivity index (χ4n) is 2.55. The van der Waals surface area contributed by atoms with E-state index in [9.17, 15) is 5.11 Å². The Morgan fingerprint density at radius 2 is 1.75 bits per heavy atom. The molecular formula is C17H18N2O. The van der Waals surface area contributed by atoms with Crippen molar-refractivity contribution in [3.05, 3.63) is 48.0 Å². The monoisotopic (exact) mass is 266 g/mol. The number of phenolic OH excluding ortho intramolecular Hbond substituents is 1. The van der Waals surface area contributed by atoms with Gasteiger partial charge in [-0.05, 0) is 62.7 Å². The summed E-state index contributed by atoms with van der Waals surface area (Å²) in [6.45, 7) is 6.39. The van der Waals surface area contributed by atoms with E-state index in [-0.39, 0.29) is 5.75 Å². The van der Waals surface area contributed by atoms with Crippen LogP contribution >= 0.6 is 0 Å². The zero-order valence-electron chi connectivity index (χ0n) is 12.0. The predicted molar refractivity (Wildman–Crippen MR) is 82.0 cm³/mol. The molecule has 2 aromatic carbocycles. The zero-order valence-corrected chi connectivity index (χ0v) is 12.0. The van der Waals surface area contributed by atoms with E-state index in [0.717, 1.165) is 22.4 Å². The number of imidazole rings is 1. The molecule has 1 aromatic heterocycles. The van der Waals surface area contributed by atoms with Crippen LogP contribution in [0.4, 0.5) is 0 Å². The molecule has 0 radical (unpaired) electrons. The summed E-state index contributed by atoms with van der Waals surface area (Å²) in [6, 6.07) is 13.9. The highest BCUT2D eigenvalue weighted by Gasteiger charge is 2.14. The van der Waals surface area contributed by atoms with Crippen molar-refractivity contribution in [2.45, 2.75) is 26.8 Å². The van der Waals surface area contributed by atoms with Crippen molar-refractivity contribution in [2.75, 3.05) is 0 Å². The smallest absolute Gasteiger partial charge is 0.141 e. The Morgan fingerprint density at radius 3 is 2.40 bits per heavy atom. The molecule has 0 aliphatic rings. The quantitative estimate of drug-likeness (QED) is 0.751. The highest BCUT2D eigenvalue weighted by molar-refractivity contribution is 5.81. The third kappa shape index (κ3) is 2.05. The summed E-state index contributed by atoms with van der Waals surface area (Å²) in [7, 11) is 0. The van der Waals surface area contributed by atoms with Crippen LogP contribution in [0.1, 0.15) is 25.5 Å². The topological polar surface area (TPSA) is 38.1 Å². The molecule has 1 N–H and O–H groups in total. The van der Waals surface area contributed by atoms with Gasteiger partial charge in [-0.15, -0.1) is 0 Å². The van der Waals surface area contributed by atoms with Crippen molar-refractivity contribution in [3.63, 3.8) is 0 Å². The Morgan fingerprint density at radius 1 is 1.05 bits per heavy atom. The highest BCUT2D eigenvalue weighted by atomic mass is 16.3. The molecule has 0 aliphatic heterocycles. The SMILES string of the molecule is Cc1ccc2c(c1)nc(-c1ccc(O)cc1)n2C(C)C. The van der Waals surface area contributed by atoms with E-state index < -0.39 is 0 Å². The summed E-state index contributed by atoms with van der Waals surface area (Å²) in [5.41, 5.74) is 4.39. The predicted octanol–water partition coefficient (Wildman–Crippen LogP) is 4.30. The zero-order chi connectivity index (χ0) is 14.3. The maximum atomic E-state index is 9.43. The molecule has 3 rings (SSSR count). The number of aromatic hydroxyl groups is 1. The summed E-state index contributed by atoms with van der Waals surface area (Å²) in [4.78, 5) is 4.78. The van der Waals surface area contributed by atoms with Gasteiger partial charge in [-0.1, -0.05) is 6.07 Å². The molecular weight excluding hydrogens is 248 g/mol. The first-order valence-electron chi connectivity index (χ1n) is 6.84. The number of fused-ring (bicyclic) bond motifs is 1. The third-order valence-electron chi connectivity index (χ3n) is 3.49. The Hall–Kier alpha value is -2.29. The number of aromatic nitrogens is 2. The van der Waals surface area contributed by atoms with Gasteiger partial charge < -0.3 is 9.67 Å². The Bertz CT molecular complexity index is 755. The number of aryl methyl sites for hydroxylation is 1. The first-order chi connectivity index (χ1) is 9.56. The number of nitrogens with zero attached hydrogens (tertiary/aromatic N) is 2. The number of hydrogen-bond acceptors (Lipinski definition) is 2. The van der Waals surface area contributed by atoms with Gasteiger partial charge >= 0.3 is 0 Å². The lowest BCUT2D eigenvalue weighted by atomic mass is 10.2. The molecule has 0 atom stereocenters. The summed E-state index contributed by atoms with van der Waals surface area (Å²) >= 11 is 0. The molecule has 0 bridgehead atoms. The van der Waals surface area contributed by atoms with Crippen LogP contribution in [0.15, 0.2) is 42.5 Å². The van der Waals surface area contributed by atoms with Crippen molar-refractivity contribution < 1.29 is 5.11 Å². The Labute approximate surface area is 118 Å². The van der Waals surface area contributed by atoms with Gasteiger partial charge in [-0.3, -0.25) is 0 Å². The van der Waals surface area contributed by atoms with Gasteiger partial charge in [0.15, 0.2) is 0 Å². The molecule has 102 valence electrons. The van der Waals surface area contributed by atoms with E-state index >= 15 is 0 Å². The molecule has 0 unspecified atom stereocenters. The van der Waals surface area contributed by atoms with Crippen LogP contribution in [0.2, 0.25) is 0 Å². The minimum absolute atomic E-state index is 0.275. The van der Waals surface area contributed by atoms with Crippen LogP contribution in [-0.4, -0.2) is 14.7 Å². The number of benzene rings is 2. The van der Waals surface area contributed by atoms with E-state index in [1.807, 2.05) is 12.1 Å². The van der Waals surface area contributed by atoms with Crippen molar-refractivity contribution >= 4 is 11.0 Å². The first kappa shape index (κ1) is 12.7. The van der Waals surface area contributed by atoms with Gasteiger partial charge in [-0.2, -0.15) is 0 Å². The van der Waals surface area contributed by atoms with E-state index in [0.29, 0.717) is 6.04 Å². The molecule has 0 amide bonds. The van der Waals surface area contributed by atoms with Crippen LogP contribution in [0.5, 0.6) is 5.75 Å². The molecule has 0 fully saturated rings. The van der Waals surface area contributed by atoms with Crippen LogP contribution in [0.3, 0.4) is 0 Å². The minimum Gasteiger partial charge on any atom is -0.508 e. The number of hydrogen-bond donors (Lipinski definition) is 1. The van der Waals surface area contributed by atoms with Crippen molar-refractivity contribution in [2.24, 2.45) is 0 Å². The normalized spacial score (nSPS) is 11.4. The van der Waals surface area contributed by atoms with Gasteiger partial charge in [0.05, 0.1) is 11.0 Å². The van der Waals surface area contributed by atoms with E-state index in [1.54, 1.807) is 12.1 Å². The lowest BCUT2D eigenvalue weighted by molar-refractivity contribution is 0.475. The lowest BCUT2D eigenvalue weighted by Gasteiger charge is -2.13. The summed E-state index contributed by atoms with van der Waals surface area (Å²) in [5, 5.41) is 9.43. The van der Waals surface area contributed by atoms with Crippen molar-refractivity contribution in [3.8, 4) is 17.1 Å². The molecule has 3 nitrogen and oxygen atoms in total. The maximum Gasteiger partial charge on any atom is 0.141 e. The fourth-order valence-corrected chi connectivity index (χ4v) is 2.55. The third-order valence-corrected chi connectivity index (χ3v) is 3.49. The second-order valence-electron chi connectivity index (χ2n) is 5.44. The summed E-state index contributed by atoms with van der Waals surface area (Å²) in [6.07, 6.45) is 0. The molecule has 0 spiro atoms. The molecule has 3 aromatic rings. The highest BCUT2D eigenvalue weighted by Crippen LogP contribution is 2.29. The average Bonchev–Trinajstić information content (AvgIpc) is 2.77. The second kappa shape index (κ2) is 4.67. The van der Waals surface area contributed by atoms with Gasteiger partial charge in [0.25, 0.3) is 0 Å². The van der Waals surface area contributed by atoms with E-state index in [1.165, 1.54) is 5.56 Å². The fraction of sp³-hybridized carbons (Fsp3) is 0.235. The summed E-state index contributed by atoms with van der Waals surface area (Å²) in [5.74, 6) is 1.22. The standard InChI is InChI=1S/C17H18N2O/c1-11(2)19-16-9-4-12(3)10-15(16)18-17(19)13-5-7-14(20)8-6-13/h4-11,20H,1-3H3. The summed E-state index contributed by atoms with van der Waals surface area (Å²) < 4.78 is 2.24. The first-order valence-corrected chi connectivity index (χ1v) is 6.84. The molecule has 1 heterocycles. The molecule has 0 saturated carbocycles. The van der Waals surface area contributed by atoms with Gasteiger partial charge in [0.1, 0.15) is 11.6 Å². The molecule has 3 heteroatoms. The Kier molecular flexibility index (Phi) is 2.97. The molecule has 20 heavy (non-hydrogen) atoms.